The number of likely N-dealkylation sites (tertiary alicyclic amines) is 1. The molecule has 0 aromatic rings. The number of imide groups is 1. The molecule has 2 aliphatic rings. The highest BCUT2D eigenvalue weighted by Gasteiger charge is 2.44. The Bertz CT molecular complexity index is 441. The van der Waals surface area contributed by atoms with E-state index in [9.17, 15) is 19.5 Å². The van der Waals surface area contributed by atoms with Crippen LogP contribution in [0.4, 0.5) is 4.79 Å². The summed E-state index contributed by atoms with van der Waals surface area (Å²) >= 11 is 0. The Balaban J connectivity index is 0.00000220. The summed E-state index contributed by atoms with van der Waals surface area (Å²) in [6.45, 7) is 4.66. The van der Waals surface area contributed by atoms with Gasteiger partial charge in [0.05, 0.1) is 0 Å². The number of piperidine rings is 1. The molecule has 1 atom stereocenters. The average molecular weight is 320 g/mol. The Morgan fingerprint density at radius 2 is 2.00 bits per heavy atom. The Morgan fingerprint density at radius 3 is 2.52 bits per heavy atom. The molecular weight excluding hydrogens is 298 g/mol. The molecule has 7 nitrogen and oxygen atoms in total. The van der Waals surface area contributed by atoms with Crippen LogP contribution >= 0.6 is 12.4 Å². The van der Waals surface area contributed by atoms with Gasteiger partial charge in [-0.2, -0.15) is 0 Å². The molecule has 120 valence electrons. The fourth-order valence-corrected chi connectivity index (χ4v) is 2.79. The van der Waals surface area contributed by atoms with Gasteiger partial charge in [0.2, 0.25) is 0 Å². The minimum Gasteiger partial charge on any atom is -0.480 e. The summed E-state index contributed by atoms with van der Waals surface area (Å²) in [6, 6.07) is -0.901. The number of carboxylic acid groups (broad SMARTS) is 1. The number of nitrogens with one attached hydrogen (secondary N) is 1. The highest BCUT2D eigenvalue weighted by atomic mass is 35.5. The number of carbonyl (C=O) groups excluding carboxylic acids is 2. The third-order valence-electron chi connectivity index (χ3n) is 3.95. The lowest BCUT2D eigenvalue weighted by atomic mass is 10.0. The molecule has 2 fully saturated rings. The fourth-order valence-electron chi connectivity index (χ4n) is 2.79. The maximum absolute atomic E-state index is 12.0. The second-order valence-corrected chi connectivity index (χ2v) is 5.90. The maximum Gasteiger partial charge on any atom is 0.325 e. The monoisotopic (exact) mass is 319 g/mol. The maximum atomic E-state index is 12.0. The van der Waals surface area contributed by atoms with Gasteiger partial charge in [-0.3, -0.25) is 19.4 Å². The number of hydrogen-bond donors (Lipinski definition) is 2. The van der Waals surface area contributed by atoms with Crippen LogP contribution in [0.3, 0.4) is 0 Å². The van der Waals surface area contributed by atoms with E-state index in [2.05, 4.69) is 5.32 Å². The van der Waals surface area contributed by atoms with Crippen molar-refractivity contribution in [1.29, 1.82) is 0 Å². The lowest BCUT2D eigenvalue weighted by Crippen LogP contribution is -2.48. The molecule has 8 heteroatoms. The molecule has 1 unspecified atom stereocenters. The van der Waals surface area contributed by atoms with Crippen LogP contribution in [0.15, 0.2) is 0 Å². The van der Waals surface area contributed by atoms with E-state index in [4.69, 9.17) is 0 Å². The largest absolute Gasteiger partial charge is 0.480 e. The lowest BCUT2D eigenvalue weighted by molar-refractivity contribution is -0.144. The van der Waals surface area contributed by atoms with Crippen molar-refractivity contribution in [3.05, 3.63) is 0 Å². The smallest absolute Gasteiger partial charge is 0.325 e. The summed E-state index contributed by atoms with van der Waals surface area (Å²) in [5.41, 5.74) is -0.870. The van der Waals surface area contributed by atoms with E-state index >= 15 is 0 Å². The van der Waals surface area contributed by atoms with Gasteiger partial charge < -0.3 is 10.4 Å². The quantitative estimate of drug-likeness (QED) is 0.744. The lowest BCUT2D eigenvalue weighted by Gasteiger charge is -2.33. The Morgan fingerprint density at radius 1 is 1.33 bits per heavy atom. The van der Waals surface area contributed by atoms with Gasteiger partial charge in [-0.25, -0.2) is 4.79 Å². The molecule has 2 N–H and O–H groups in total. The number of nitrogens with zero attached hydrogens (tertiary/aromatic N) is 2. The molecule has 2 heterocycles. The molecule has 2 rings (SSSR count). The van der Waals surface area contributed by atoms with Crippen molar-refractivity contribution >= 4 is 30.3 Å². The molecule has 2 aliphatic heterocycles. The summed E-state index contributed by atoms with van der Waals surface area (Å²) in [5, 5.41) is 11.8. The van der Waals surface area contributed by atoms with Gasteiger partial charge in [0, 0.05) is 13.1 Å². The summed E-state index contributed by atoms with van der Waals surface area (Å²) in [6.07, 6.45) is 2.49. The molecule has 0 aromatic heterocycles. The third-order valence-corrected chi connectivity index (χ3v) is 3.95. The van der Waals surface area contributed by atoms with Crippen LogP contribution in [-0.2, 0) is 9.59 Å². The van der Waals surface area contributed by atoms with E-state index in [-0.39, 0.29) is 24.9 Å². The first kappa shape index (κ1) is 17.7. The molecule has 0 bridgehead atoms. The average Bonchev–Trinajstić information content (AvgIpc) is 2.57. The van der Waals surface area contributed by atoms with Gasteiger partial charge in [0.1, 0.15) is 11.6 Å². The Kier molecular flexibility index (Phi) is 5.58. The van der Waals surface area contributed by atoms with Crippen molar-refractivity contribution in [1.82, 2.24) is 15.1 Å². The summed E-state index contributed by atoms with van der Waals surface area (Å²) in [5.74, 6) is -1.09. The van der Waals surface area contributed by atoms with Crippen LogP contribution in [0.1, 0.15) is 33.1 Å². The molecule has 0 aromatic carbocycles. The van der Waals surface area contributed by atoms with Crippen LogP contribution in [-0.4, -0.2) is 64.0 Å². The zero-order valence-electron chi connectivity index (χ0n) is 12.3. The number of aliphatic carboxylic acids is 1. The fraction of sp³-hybridized carbons (Fsp3) is 0.769. The van der Waals surface area contributed by atoms with Gasteiger partial charge >= 0.3 is 12.0 Å². The number of urea groups is 1. The van der Waals surface area contributed by atoms with Crippen LogP contribution in [0.25, 0.3) is 0 Å². The molecule has 3 amide bonds. The van der Waals surface area contributed by atoms with E-state index in [0.717, 1.165) is 12.8 Å². The van der Waals surface area contributed by atoms with Gasteiger partial charge in [0.15, 0.2) is 0 Å². The van der Waals surface area contributed by atoms with Gasteiger partial charge in [-0.1, -0.05) is 6.42 Å². The molecule has 0 radical (unpaired) electrons. The number of halogens is 1. The minimum absolute atomic E-state index is 0. The van der Waals surface area contributed by atoms with Crippen LogP contribution in [0, 0.1) is 0 Å². The molecule has 2 saturated heterocycles. The van der Waals surface area contributed by atoms with E-state index in [0.29, 0.717) is 19.5 Å². The zero-order chi connectivity index (χ0) is 14.9. The second kappa shape index (κ2) is 6.62. The van der Waals surface area contributed by atoms with E-state index < -0.39 is 23.6 Å². The highest BCUT2D eigenvalue weighted by molar-refractivity contribution is 6.06. The minimum atomic E-state index is -0.870. The Hall–Kier alpha value is -1.34. The van der Waals surface area contributed by atoms with Crippen LogP contribution in [0.5, 0.6) is 0 Å². The molecule has 0 aliphatic carbocycles. The van der Waals surface area contributed by atoms with Gasteiger partial charge in [-0.05, 0) is 33.2 Å². The third kappa shape index (κ3) is 3.65. The van der Waals surface area contributed by atoms with Crippen molar-refractivity contribution < 1.29 is 19.5 Å². The second-order valence-electron chi connectivity index (χ2n) is 5.90. The number of amides is 3. The number of hydrogen-bond acceptors (Lipinski definition) is 4. The van der Waals surface area contributed by atoms with Crippen molar-refractivity contribution in [2.24, 2.45) is 0 Å². The van der Waals surface area contributed by atoms with Crippen LogP contribution in [0.2, 0.25) is 0 Å². The predicted molar refractivity (Wildman–Crippen MR) is 78.4 cm³/mol. The Labute approximate surface area is 130 Å². The van der Waals surface area contributed by atoms with Crippen molar-refractivity contribution in [3.8, 4) is 0 Å². The normalized spacial score (nSPS) is 25.4. The summed E-state index contributed by atoms with van der Waals surface area (Å²) in [7, 11) is 0. The van der Waals surface area contributed by atoms with Crippen molar-refractivity contribution in [3.63, 3.8) is 0 Å². The summed E-state index contributed by atoms with van der Waals surface area (Å²) < 4.78 is 0. The first-order valence-corrected chi connectivity index (χ1v) is 6.94. The molecule has 0 saturated carbocycles. The summed E-state index contributed by atoms with van der Waals surface area (Å²) in [4.78, 5) is 38.0. The zero-order valence-corrected chi connectivity index (χ0v) is 13.1. The SMILES string of the molecule is CC1(C)NC(=O)N(CCN2CCCCC2C(=O)O)C1=O.Cl. The predicted octanol–water partition coefficient (Wildman–Crippen LogP) is 0.678. The number of carbonyl (C=O) groups is 3. The van der Waals surface area contributed by atoms with E-state index in [1.54, 1.807) is 13.8 Å². The van der Waals surface area contributed by atoms with Crippen molar-refractivity contribution in [2.45, 2.75) is 44.7 Å². The number of carboxylic acids is 1. The molecule has 21 heavy (non-hydrogen) atoms. The standard InChI is InChI=1S/C13H21N3O4.ClH/c1-13(2)11(19)16(12(20)14-13)8-7-15-6-4-3-5-9(15)10(17)18;/h9H,3-8H2,1-2H3,(H,14,20)(H,17,18);1H. The first-order chi connectivity index (χ1) is 9.33. The first-order valence-electron chi connectivity index (χ1n) is 6.94. The number of rotatable bonds is 4. The molecular formula is C13H22ClN3O4. The topological polar surface area (TPSA) is 90.0 Å². The molecule has 0 spiro atoms. The van der Waals surface area contributed by atoms with Gasteiger partial charge in [-0.15, -0.1) is 12.4 Å². The van der Waals surface area contributed by atoms with Crippen LogP contribution < -0.4 is 5.32 Å². The highest BCUT2D eigenvalue weighted by Crippen LogP contribution is 2.19. The van der Waals surface area contributed by atoms with E-state index in [1.165, 1.54) is 4.90 Å². The van der Waals surface area contributed by atoms with E-state index in [1.807, 2.05) is 4.90 Å². The van der Waals surface area contributed by atoms with Crippen molar-refractivity contribution in [2.75, 3.05) is 19.6 Å². The van der Waals surface area contributed by atoms with Gasteiger partial charge in [0.25, 0.3) is 5.91 Å².